The number of likely N-dealkylation sites (tertiary alicyclic amines) is 1. The Hall–Kier alpha value is -0.770. The fourth-order valence-electron chi connectivity index (χ4n) is 2.00. The van der Waals surface area contributed by atoms with Gasteiger partial charge in [0.1, 0.15) is 5.60 Å². The molecule has 2 saturated heterocycles. The molecule has 4 nitrogen and oxygen atoms in total. The van der Waals surface area contributed by atoms with Crippen molar-refractivity contribution in [2.45, 2.75) is 44.9 Å². The Morgan fingerprint density at radius 1 is 1.50 bits per heavy atom. The zero-order valence-corrected chi connectivity index (χ0v) is 9.04. The van der Waals surface area contributed by atoms with Gasteiger partial charge < -0.3 is 15.0 Å². The van der Waals surface area contributed by atoms with Gasteiger partial charge >= 0.3 is 6.09 Å². The zero-order valence-electron chi connectivity index (χ0n) is 9.04. The minimum atomic E-state index is -0.383. The van der Waals surface area contributed by atoms with E-state index >= 15 is 0 Å². The summed E-state index contributed by atoms with van der Waals surface area (Å²) < 4.78 is 5.33. The van der Waals surface area contributed by atoms with Crippen LogP contribution < -0.4 is 5.32 Å². The van der Waals surface area contributed by atoms with Crippen molar-refractivity contribution in [3.8, 4) is 0 Å². The van der Waals surface area contributed by atoms with Gasteiger partial charge in [-0.25, -0.2) is 4.79 Å². The summed E-state index contributed by atoms with van der Waals surface area (Å²) >= 11 is 0. The largest absolute Gasteiger partial charge is 0.444 e. The standard InChI is InChI=1S/C10H18N2O2/c1-10(2,3)14-9(13)12-5-4-7-8(12)6-11-7/h7-8,11H,4-6H2,1-3H3/t7-,8-/m1/s1. The number of hydrogen-bond acceptors (Lipinski definition) is 3. The van der Waals surface area contributed by atoms with E-state index < -0.39 is 0 Å². The van der Waals surface area contributed by atoms with Crippen molar-refractivity contribution in [2.75, 3.05) is 13.1 Å². The minimum Gasteiger partial charge on any atom is -0.444 e. The lowest BCUT2D eigenvalue weighted by Gasteiger charge is -2.37. The second-order valence-corrected chi connectivity index (χ2v) is 5.04. The maximum atomic E-state index is 11.7. The molecule has 2 aliphatic heterocycles. The molecule has 0 bridgehead atoms. The van der Waals surface area contributed by atoms with E-state index in [4.69, 9.17) is 4.74 Å². The molecule has 80 valence electrons. The van der Waals surface area contributed by atoms with Crippen LogP contribution >= 0.6 is 0 Å². The van der Waals surface area contributed by atoms with Crippen LogP contribution in [0.4, 0.5) is 4.79 Å². The van der Waals surface area contributed by atoms with E-state index in [0.717, 1.165) is 19.5 Å². The predicted octanol–water partition coefficient (Wildman–Crippen LogP) is 0.968. The molecule has 2 rings (SSSR count). The van der Waals surface area contributed by atoms with Gasteiger partial charge in [0.2, 0.25) is 0 Å². The van der Waals surface area contributed by atoms with Crippen LogP contribution in [0.5, 0.6) is 0 Å². The van der Waals surface area contributed by atoms with E-state index in [9.17, 15) is 4.79 Å². The molecular weight excluding hydrogens is 180 g/mol. The van der Waals surface area contributed by atoms with E-state index in [1.807, 2.05) is 25.7 Å². The van der Waals surface area contributed by atoms with Crippen LogP contribution in [-0.2, 0) is 4.74 Å². The number of carbonyl (C=O) groups excluding carboxylic acids is 1. The number of nitrogens with zero attached hydrogens (tertiary/aromatic N) is 1. The third-order valence-electron chi connectivity index (χ3n) is 2.76. The molecule has 0 spiro atoms. The van der Waals surface area contributed by atoms with Crippen molar-refractivity contribution < 1.29 is 9.53 Å². The van der Waals surface area contributed by atoms with Gasteiger partial charge in [-0.1, -0.05) is 0 Å². The first-order valence-electron chi connectivity index (χ1n) is 5.20. The number of rotatable bonds is 0. The first-order valence-corrected chi connectivity index (χ1v) is 5.20. The first kappa shape index (κ1) is 9.77. The van der Waals surface area contributed by atoms with E-state index in [-0.39, 0.29) is 11.7 Å². The topological polar surface area (TPSA) is 41.6 Å². The van der Waals surface area contributed by atoms with Gasteiger partial charge in [0.15, 0.2) is 0 Å². The Morgan fingerprint density at radius 3 is 2.64 bits per heavy atom. The summed E-state index contributed by atoms with van der Waals surface area (Å²) in [5.41, 5.74) is -0.383. The fraction of sp³-hybridized carbons (Fsp3) is 0.900. The molecule has 0 aromatic rings. The Labute approximate surface area is 84.6 Å². The van der Waals surface area contributed by atoms with Crippen molar-refractivity contribution in [1.29, 1.82) is 0 Å². The number of hydrogen-bond donors (Lipinski definition) is 1. The van der Waals surface area contributed by atoms with Gasteiger partial charge in [0, 0.05) is 19.1 Å². The molecule has 0 aromatic carbocycles. The molecule has 4 heteroatoms. The molecule has 1 N–H and O–H groups in total. The maximum absolute atomic E-state index is 11.7. The smallest absolute Gasteiger partial charge is 0.410 e. The van der Waals surface area contributed by atoms with Crippen LogP contribution in [0, 0.1) is 0 Å². The van der Waals surface area contributed by atoms with Crippen molar-refractivity contribution >= 4 is 6.09 Å². The molecule has 2 heterocycles. The quantitative estimate of drug-likeness (QED) is 0.630. The zero-order chi connectivity index (χ0) is 10.3. The Balaban J connectivity index is 1.92. The van der Waals surface area contributed by atoms with Gasteiger partial charge in [0.05, 0.1) is 6.04 Å². The molecule has 14 heavy (non-hydrogen) atoms. The Kier molecular flexibility index (Phi) is 2.18. The number of nitrogens with one attached hydrogen (secondary N) is 1. The SMILES string of the molecule is CC(C)(C)OC(=O)N1CC[C@H]2NC[C@H]21. The molecular formula is C10H18N2O2. The predicted molar refractivity (Wildman–Crippen MR) is 53.1 cm³/mol. The minimum absolute atomic E-state index is 0.161. The van der Waals surface area contributed by atoms with Crippen LogP contribution in [0.2, 0.25) is 0 Å². The molecule has 0 aliphatic carbocycles. The van der Waals surface area contributed by atoms with Crippen molar-refractivity contribution in [3.63, 3.8) is 0 Å². The van der Waals surface area contributed by atoms with E-state index in [2.05, 4.69) is 5.32 Å². The summed E-state index contributed by atoms with van der Waals surface area (Å²) in [6.07, 6.45) is 0.899. The highest BCUT2D eigenvalue weighted by Gasteiger charge is 2.44. The molecule has 1 amide bonds. The summed E-state index contributed by atoms with van der Waals surface area (Å²) in [7, 11) is 0. The van der Waals surface area contributed by atoms with Gasteiger partial charge in [0.25, 0.3) is 0 Å². The molecule has 0 aromatic heterocycles. The van der Waals surface area contributed by atoms with E-state index in [1.54, 1.807) is 0 Å². The molecule has 2 atom stereocenters. The third-order valence-corrected chi connectivity index (χ3v) is 2.76. The summed E-state index contributed by atoms with van der Waals surface area (Å²) in [5.74, 6) is 0. The lowest BCUT2D eigenvalue weighted by Crippen LogP contribution is -2.60. The summed E-state index contributed by atoms with van der Waals surface area (Å²) in [5, 5.41) is 3.31. The highest BCUT2D eigenvalue weighted by Crippen LogP contribution is 2.25. The number of fused-ring (bicyclic) bond motifs is 1. The number of carbonyl (C=O) groups is 1. The van der Waals surface area contributed by atoms with Crippen LogP contribution in [0.15, 0.2) is 0 Å². The first-order chi connectivity index (χ1) is 6.47. The van der Waals surface area contributed by atoms with Gasteiger partial charge in [-0.2, -0.15) is 0 Å². The molecule has 0 saturated carbocycles. The van der Waals surface area contributed by atoms with Crippen LogP contribution in [0.1, 0.15) is 27.2 Å². The van der Waals surface area contributed by atoms with Crippen LogP contribution in [-0.4, -0.2) is 41.8 Å². The van der Waals surface area contributed by atoms with Gasteiger partial charge in [-0.05, 0) is 27.2 Å². The van der Waals surface area contributed by atoms with Crippen molar-refractivity contribution in [3.05, 3.63) is 0 Å². The fourth-order valence-corrected chi connectivity index (χ4v) is 2.00. The normalized spacial score (nSPS) is 30.9. The highest BCUT2D eigenvalue weighted by atomic mass is 16.6. The summed E-state index contributed by atoms with van der Waals surface area (Å²) in [6, 6.07) is 0.896. The third kappa shape index (κ3) is 1.71. The van der Waals surface area contributed by atoms with Crippen LogP contribution in [0.25, 0.3) is 0 Å². The van der Waals surface area contributed by atoms with Gasteiger partial charge in [-0.15, -0.1) is 0 Å². The monoisotopic (exact) mass is 198 g/mol. The van der Waals surface area contributed by atoms with Crippen molar-refractivity contribution in [2.24, 2.45) is 0 Å². The lowest BCUT2D eigenvalue weighted by atomic mass is 10.0. The number of amides is 1. The molecule has 0 radical (unpaired) electrons. The van der Waals surface area contributed by atoms with E-state index in [0.29, 0.717) is 12.1 Å². The maximum Gasteiger partial charge on any atom is 0.410 e. The summed E-state index contributed by atoms with van der Waals surface area (Å²) in [4.78, 5) is 13.6. The molecule has 2 aliphatic rings. The Bertz CT molecular complexity index is 247. The second-order valence-electron chi connectivity index (χ2n) is 5.04. The second kappa shape index (κ2) is 3.12. The van der Waals surface area contributed by atoms with Gasteiger partial charge in [-0.3, -0.25) is 0 Å². The summed E-state index contributed by atoms with van der Waals surface area (Å²) in [6.45, 7) is 7.45. The Morgan fingerprint density at radius 2 is 2.21 bits per heavy atom. The molecule has 0 unspecified atom stereocenters. The van der Waals surface area contributed by atoms with Crippen molar-refractivity contribution in [1.82, 2.24) is 10.2 Å². The highest BCUT2D eigenvalue weighted by molar-refractivity contribution is 5.69. The van der Waals surface area contributed by atoms with E-state index in [1.165, 1.54) is 0 Å². The molecule has 2 fully saturated rings. The lowest BCUT2D eigenvalue weighted by molar-refractivity contribution is 0.0171. The average molecular weight is 198 g/mol. The van der Waals surface area contributed by atoms with Crippen LogP contribution in [0.3, 0.4) is 0 Å². The average Bonchev–Trinajstić information content (AvgIpc) is 2.22. The number of ether oxygens (including phenoxy) is 1.